The quantitative estimate of drug-likeness (QED) is 0.659. The minimum Gasteiger partial charge on any atom is -0.396 e. The van der Waals surface area contributed by atoms with Crippen LogP contribution in [0, 0.1) is 11.3 Å². The van der Waals surface area contributed by atoms with Crippen molar-refractivity contribution in [2.24, 2.45) is 17.1 Å². The van der Waals surface area contributed by atoms with Crippen LogP contribution < -0.4 is 5.73 Å². The Morgan fingerprint density at radius 2 is 2.17 bits per heavy atom. The van der Waals surface area contributed by atoms with Crippen molar-refractivity contribution in [3.63, 3.8) is 0 Å². The number of hydrogen-bond acceptors (Lipinski definition) is 2. The Bertz CT molecular complexity index is 139. The summed E-state index contributed by atoms with van der Waals surface area (Å²) in [5, 5.41) is 9.00. The number of hydrogen-bond donors (Lipinski definition) is 2. The molecule has 0 bridgehead atoms. The van der Waals surface area contributed by atoms with Gasteiger partial charge in [0.05, 0.1) is 0 Å². The molecule has 2 unspecified atom stereocenters. The molecular formula is C10H21NO. The molecule has 2 nitrogen and oxygen atoms in total. The van der Waals surface area contributed by atoms with Gasteiger partial charge in [-0.15, -0.1) is 0 Å². The van der Waals surface area contributed by atoms with Gasteiger partial charge in [-0.2, -0.15) is 0 Å². The molecule has 3 N–H and O–H groups in total. The second kappa shape index (κ2) is 3.75. The predicted molar refractivity (Wildman–Crippen MR) is 50.8 cm³/mol. The summed E-state index contributed by atoms with van der Waals surface area (Å²) in [7, 11) is 0. The largest absolute Gasteiger partial charge is 0.396 e. The van der Waals surface area contributed by atoms with Crippen LogP contribution in [0.2, 0.25) is 0 Å². The molecule has 2 heteroatoms. The van der Waals surface area contributed by atoms with Crippen molar-refractivity contribution in [1.82, 2.24) is 0 Å². The van der Waals surface area contributed by atoms with Gasteiger partial charge in [0.25, 0.3) is 0 Å². The Morgan fingerprint density at radius 1 is 1.58 bits per heavy atom. The summed E-state index contributed by atoms with van der Waals surface area (Å²) in [4.78, 5) is 0. The maximum absolute atomic E-state index is 9.00. The zero-order valence-corrected chi connectivity index (χ0v) is 8.21. The summed E-state index contributed by atoms with van der Waals surface area (Å²) in [5.74, 6) is 0.787. The predicted octanol–water partition coefficient (Wildman–Crippen LogP) is 1.52. The van der Waals surface area contributed by atoms with Gasteiger partial charge in [-0.3, -0.25) is 0 Å². The second-order valence-electron chi connectivity index (χ2n) is 4.12. The first kappa shape index (κ1) is 10.0. The van der Waals surface area contributed by atoms with E-state index in [1.165, 1.54) is 12.8 Å². The van der Waals surface area contributed by atoms with Crippen molar-refractivity contribution in [3.05, 3.63) is 0 Å². The molecular weight excluding hydrogens is 150 g/mol. The molecule has 1 saturated carbocycles. The molecule has 72 valence electrons. The van der Waals surface area contributed by atoms with Crippen LogP contribution in [0.15, 0.2) is 0 Å². The van der Waals surface area contributed by atoms with E-state index in [0.29, 0.717) is 0 Å². The summed E-state index contributed by atoms with van der Waals surface area (Å²) in [5.41, 5.74) is 6.23. The zero-order valence-electron chi connectivity index (χ0n) is 8.21. The summed E-state index contributed by atoms with van der Waals surface area (Å²) in [6.45, 7) is 4.56. The first-order valence-electron chi connectivity index (χ1n) is 5.03. The van der Waals surface area contributed by atoms with E-state index < -0.39 is 0 Å². The van der Waals surface area contributed by atoms with Gasteiger partial charge in [0.15, 0.2) is 0 Å². The van der Waals surface area contributed by atoms with Gasteiger partial charge >= 0.3 is 0 Å². The third-order valence-electron chi connectivity index (χ3n) is 3.53. The topological polar surface area (TPSA) is 46.2 Å². The third kappa shape index (κ3) is 1.64. The van der Waals surface area contributed by atoms with E-state index in [-0.39, 0.29) is 18.1 Å². The average Bonchev–Trinajstić information content (AvgIpc) is 2.82. The van der Waals surface area contributed by atoms with Gasteiger partial charge in [0.1, 0.15) is 0 Å². The van der Waals surface area contributed by atoms with Crippen LogP contribution in [0.5, 0.6) is 0 Å². The van der Waals surface area contributed by atoms with Gasteiger partial charge in [0.2, 0.25) is 0 Å². The Kier molecular flexibility index (Phi) is 3.13. The molecule has 0 aliphatic heterocycles. The minimum absolute atomic E-state index is 0.224. The molecule has 0 heterocycles. The molecule has 0 spiro atoms. The Morgan fingerprint density at radius 3 is 2.42 bits per heavy atom. The van der Waals surface area contributed by atoms with Crippen LogP contribution in [0.1, 0.15) is 39.5 Å². The molecule has 0 aromatic heterocycles. The fraction of sp³-hybridized carbons (Fsp3) is 1.00. The summed E-state index contributed by atoms with van der Waals surface area (Å²) in [6, 6.07) is 0.224. The van der Waals surface area contributed by atoms with Crippen molar-refractivity contribution >= 4 is 0 Å². The first-order chi connectivity index (χ1) is 5.67. The van der Waals surface area contributed by atoms with Gasteiger partial charge in [-0.25, -0.2) is 0 Å². The van der Waals surface area contributed by atoms with E-state index in [4.69, 9.17) is 10.8 Å². The van der Waals surface area contributed by atoms with E-state index in [1.54, 1.807) is 0 Å². The van der Waals surface area contributed by atoms with Crippen LogP contribution in [-0.4, -0.2) is 17.8 Å². The third-order valence-corrected chi connectivity index (χ3v) is 3.53. The van der Waals surface area contributed by atoms with Crippen molar-refractivity contribution in [3.8, 4) is 0 Å². The second-order valence-corrected chi connectivity index (χ2v) is 4.12. The molecule has 2 atom stereocenters. The lowest BCUT2D eigenvalue weighted by Gasteiger charge is -2.36. The molecule has 0 saturated heterocycles. The summed E-state index contributed by atoms with van der Waals surface area (Å²) < 4.78 is 0. The van der Waals surface area contributed by atoms with E-state index in [9.17, 15) is 0 Å². The molecule has 0 aromatic carbocycles. The van der Waals surface area contributed by atoms with Crippen molar-refractivity contribution in [1.29, 1.82) is 0 Å². The lowest BCUT2D eigenvalue weighted by atomic mass is 9.72. The van der Waals surface area contributed by atoms with Gasteiger partial charge in [-0.05, 0) is 43.9 Å². The standard InChI is InChI=1S/C10H21NO/c1-3-10(6-7-12,8(2)11)9-4-5-9/h8-9,12H,3-7,11H2,1-2H3. The van der Waals surface area contributed by atoms with E-state index in [2.05, 4.69) is 13.8 Å². The molecule has 0 amide bonds. The normalized spacial score (nSPS) is 25.0. The Balaban J connectivity index is 2.64. The van der Waals surface area contributed by atoms with E-state index in [1.807, 2.05) is 0 Å². The van der Waals surface area contributed by atoms with Crippen LogP contribution in [0.25, 0.3) is 0 Å². The number of nitrogens with two attached hydrogens (primary N) is 1. The lowest BCUT2D eigenvalue weighted by molar-refractivity contribution is 0.122. The fourth-order valence-electron chi connectivity index (χ4n) is 2.46. The maximum Gasteiger partial charge on any atom is 0.0437 e. The highest BCUT2D eigenvalue weighted by molar-refractivity contribution is 4.97. The SMILES string of the molecule is CCC(CCO)(C(C)N)C1CC1. The Labute approximate surface area is 75.2 Å². The van der Waals surface area contributed by atoms with Crippen LogP contribution in [0.4, 0.5) is 0 Å². The average molecular weight is 171 g/mol. The van der Waals surface area contributed by atoms with Crippen LogP contribution >= 0.6 is 0 Å². The van der Waals surface area contributed by atoms with Gasteiger partial charge in [-0.1, -0.05) is 6.92 Å². The number of rotatable bonds is 5. The van der Waals surface area contributed by atoms with Crippen molar-refractivity contribution < 1.29 is 5.11 Å². The highest BCUT2D eigenvalue weighted by Gasteiger charge is 2.45. The van der Waals surface area contributed by atoms with Crippen LogP contribution in [-0.2, 0) is 0 Å². The summed E-state index contributed by atoms with van der Waals surface area (Å²) in [6.07, 6.45) is 4.62. The molecule has 12 heavy (non-hydrogen) atoms. The van der Waals surface area contributed by atoms with E-state index >= 15 is 0 Å². The molecule has 0 aromatic rings. The molecule has 1 rings (SSSR count). The lowest BCUT2D eigenvalue weighted by Crippen LogP contribution is -2.41. The van der Waals surface area contributed by atoms with Crippen LogP contribution in [0.3, 0.4) is 0 Å². The first-order valence-corrected chi connectivity index (χ1v) is 5.03. The fourth-order valence-corrected chi connectivity index (χ4v) is 2.46. The molecule has 1 fully saturated rings. The highest BCUT2D eigenvalue weighted by atomic mass is 16.3. The maximum atomic E-state index is 9.00. The van der Waals surface area contributed by atoms with Crippen molar-refractivity contribution in [2.45, 2.75) is 45.6 Å². The highest BCUT2D eigenvalue weighted by Crippen LogP contribution is 2.51. The molecule has 0 radical (unpaired) electrons. The van der Waals surface area contributed by atoms with E-state index in [0.717, 1.165) is 18.8 Å². The minimum atomic E-state index is 0.224. The monoisotopic (exact) mass is 171 g/mol. The van der Waals surface area contributed by atoms with Gasteiger partial charge in [0, 0.05) is 12.6 Å². The molecule has 1 aliphatic rings. The zero-order chi connectivity index (χ0) is 9.19. The molecule has 1 aliphatic carbocycles. The smallest absolute Gasteiger partial charge is 0.0437 e. The Hall–Kier alpha value is -0.0800. The van der Waals surface area contributed by atoms with Crippen molar-refractivity contribution in [2.75, 3.05) is 6.61 Å². The number of aliphatic hydroxyl groups is 1. The number of aliphatic hydroxyl groups excluding tert-OH is 1. The van der Waals surface area contributed by atoms with Gasteiger partial charge < -0.3 is 10.8 Å². The summed E-state index contributed by atoms with van der Waals surface area (Å²) >= 11 is 0.